The van der Waals surface area contributed by atoms with Crippen molar-refractivity contribution in [2.75, 3.05) is 0 Å². The van der Waals surface area contributed by atoms with Crippen LogP contribution in [0.15, 0.2) is 0 Å². The second-order valence-electron chi connectivity index (χ2n) is 14.5. The van der Waals surface area contributed by atoms with E-state index in [1.54, 1.807) is 0 Å². The van der Waals surface area contributed by atoms with E-state index >= 15 is 0 Å². The van der Waals surface area contributed by atoms with E-state index in [-0.39, 0.29) is 22.9 Å². The van der Waals surface area contributed by atoms with Gasteiger partial charge in [0.05, 0.1) is 12.0 Å². The molecule has 4 heteroatoms. The number of carboxylic acid groups (broad SMARTS) is 1. The van der Waals surface area contributed by atoms with Gasteiger partial charge < -0.3 is 5.11 Å². The third-order valence-electron chi connectivity index (χ3n) is 9.68. The summed E-state index contributed by atoms with van der Waals surface area (Å²) in [6.45, 7) is 11.3. The lowest BCUT2D eigenvalue weighted by molar-refractivity contribution is -0.315. The third kappa shape index (κ3) is 13.3. The van der Waals surface area contributed by atoms with Crippen molar-refractivity contribution in [3.8, 4) is 0 Å². The van der Waals surface area contributed by atoms with E-state index in [0.717, 1.165) is 38.5 Å². The van der Waals surface area contributed by atoms with Crippen molar-refractivity contribution < 1.29 is 14.7 Å². The van der Waals surface area contributed by atoms with Gasteiger partial charge in [0.1, 0.15) is 0 Å². The molecule has 2 rings (SSSR count). The van der Waals surface area contributed by atoms with Crippen LogP contribution in [-0.4, -0.2) is 33.3 Å². The molecule has 0 aromatic heterocycles. The molecule has 1 aliphatic carbocycles. The minimum Gasteiger partial charge on any atom is -0.481 e. The summed E-state index contributed by atoms with van der Waals surface area (Å²) in [7, 11) is 0. The van der Waals surface area contributed by atoms with Gasteiger partial charge in [0.2, 0.25) is 0 Å². The fourth-order valence-electron chi connectivity index (χ4n) is 7.70. The highest BCUT2D eigenvalue weighted by atomic mass is 16.7. The van der Waals surface area contributed by atoms with Gasteiger partial charge in [0.15, 0.2) is 0 Å². The Morgan fingerprint density at radius 3 is 1.54 bits per heavy atom. The van der Waals surface area contributed by atoms with Gasteiger partial charge in [-0.1, -0.05) is 129 Å². The Bertz CT molecular complexity index is 622. The molecule has 2 fully saturated rings. The molecule has 1 aliphatic heterocycles. The molecule has 0 aromatic carbocycles. The Morgan fingerprint density at radius 2 is 1.13 bits per heavy atom. The highest BCUT2D eigenvalue weighted by Crippen LogP contribution is 2.46. The lowest BCUT2D eigenvalue weighted by atomic mass is 9.69. The largest absolute Gasteiger partial charge is 0.481 e. The Kier molecular flexibility index (Phi) is 16.6. The second-order valence-corrected chi connectivity index (χ2v) is 14.5. The lowest BCUT2D eigenvalue weighted by Crippen LogP contribution is -2.62. The van der Waals surface area contributed by atoms with Gasteiger partial charge in [-0.3, -0.25) is 9.63 Å². The number of aliphatic carboxylic acids is 1. The number of carboxylic acids is 1. The molecule has 1 N–H and O–H groups in total. The average molecular weight is 550 g/mol. The predicted octanol–water partition coefficient (Wildman–Crippen LogP) is 10.9. The monoisotopic (exact) mass is 550 g/mol. The summed E-state index contributed by atoms with van der Waals surface area (Å²) in [6, 6.07) is 0. The maximum Gasteiger partial charge on any atom is 0.306 e. The summed E-state index contributed by atoms with van der Waals surface area (Å²) in [5.74, 6) is -0.601. The number of piperidine rings is 1. The molecule has 1 atom stereocenters. The van der Waals surface area contributed by atoms with Crippen molar-refractivity contribution in [3.05, 3.63) is 0 Å². The van der Waals surface area contributed by atoms with Crippen LogP contribution in [0.2, 0.25) is 0 Å². The molecule has 1 saturated carbocycles. The first-order valence-corrected chi connectivity index (χ1v) is 17.4. The van der Waals surface area contributed by atoms with Crippen LogP contribution in [-0.2, 0) is 9.63 Å². The second kappa shape index (κ2) is 18.7. The van der Waals surface area contributed by atoms with Crippen LogP contribution in [0.25, 0.3) is 0 Å². The van der Waals surface area contributed by atoms with Crippen LogP contribution in [0.3, 0.4) is 0 Å². The molecular formula is C35H67NO3. The normalized spacial score (nSPS) is 21.3. The summed E-state index contributed by atoms with van der Waals surface area (Å²) >= 11 is 0. The predicted molar refractivity (Wildman–Crippen MR) is 166 cm³/mol. The molecular weight excluding hydrogens is 482 g/mol. The zero-order chi connectivity index (χ0) is 28.6. The molecule has 1 heterocycles. The van der Waals surface area contributed by atoms with E-state index in [1.807, 2.05) is 0 Å². The van der Waals surface area contributed by atoms with Crippen molar-refractivity contribution in [1.29, 1.82) is 0 Å². The fraction of sp³-hybridized carbons (Fsp3) is 0.971. The van der Waals surface area contributed by atoms with Gasteiger partial charge in [-0.2, -0.15) is 5.06 Å². The molecule has 2 aliphatic rings. The van der Waals surface area contributed by atoms with Crippen LogP contribution in [0, 0.1) is 11.8 Å². The van der Waals surface area contributed by atoms with Crippen LogP contribution < -0.4 is 0 Å². The molecule has 4 nitrogen and oxygen atoms in total. The van der Waals surface area contributed by atoms with Gasteiger partial charge in [-0.15, -0.1) is 0 Å². The maximum atomic E-state index is 12.4. The van der Waals surface area contributed by atoms with Crippen LogP contribution in [0.4, 0.5) is 0 Å². The first-order chi connectivity index (χ1) is 18.7. The zero-order valence-corrected chi connectivity index (χ0v) is 26.9. The third-order valence-corrected chi connectivity index (χ3v) is 9.68. The molecule has 1 saturated heterocycles. The number of rotatable bonds is 21. The first kappa shape index (κ1) is 34.6. The Labute approximate surface area is 243 Å². The van der Waals surface area contributed by atoms with Crippen LogP contribution in [0.5, 0.6) is 0 Å². The number of carbonyl (C=O) groups is 1. The first-order valence-electron chi connectivity index (χ1n) is 17.4. The quantitative estimate of drug-likeness (QED) is 0.145. The average Bonchev–Trinajstić information content (AvgIpc) is 2.88. The Morgan fingerprint density at radius 1 is 0.718 bits per heavy atom. The molecule has 39 heavy (non-hydrogen) atoms. The molecule has 1 unspecified atom stereocenters. The molecule has 0 amide bonds. The van der Waals surface area contributed by atoms with Crippen LogP contribution in [0.1, 0.15) is 189 Å². The maximum absolute atomic E-state index is 12.4. The van der Waals surface area contributed by atoms with Crippen molar-refractivity contribution >= 4 is 5.97 Å². The van der Waals surface area contributed by atoms with E-state index < -0.39 is 5.97 Å². The highest BCUT2D eigenvalue weighted by Gasteiger charge is 2.50. The molecule has 230 valence electrons. The smallest absolute Gasteiger partial charge is 0.306 e. The summed E-state index contributed by atoms with van der Waals surface area (Å²) in [4.78, 5) is 19.0. The number of hydroxylamine groups is 2. The number of hydrogen-bond acceptors (Lipinski definition) is 3. The van der Waals surface area contributed by atoms with E-state index in [4.69, 9.17) is 4.84 Å². The highest BCUT2D eigenvalue weighted by molar-refractivity contribution is 5.70. The molecule has 0 aromatic rings. The van der Waals surface area contributed by atoms with Crippen LogP contribution >= 0.6 is 0 Å². The van der Waals surface area contributed by atoms with Crippen molar-refractivity contribution in [1.82, 2.24) is 5.06 Å². The standard InChI is InChI=1S/C35H67NO3/c1-6-7-8-9-10-11-12-13-14-15-16-17-18-19-20-24-27-32(33(37)38)30-28-34(2,3)36(35(4,5)29-30)39-31-25-22-21-23-26-31/h30-32H,6-29H2,1-5H3,(H,37,38). The Hall–Kier alpha value is -0.610. The summed E-state index contributed by atoms with van der Waals surface area (Å²) in [6.07, 6.45) is 30.8. The van der Waals surface area contributed by atoms with Gasteiger partial charge in [-0.05, 0) is 65.7 Å². The van der Waals surface area contributed by atoms with Crippen molar-refractivity contribution in [2.24, 2.45) is 11.8 Å². The van der Waals surface area contributed by atoms with E-state index in [9.17, 15) is 9.90 Å². The molecule has 0 bridgehead atoms. The van der Waals surface area contributed by atoms with E-state index in [1.165, 1.54) is 116 Å². The SMILES string of the molecule is CCCCCCCCCCCCCCCCCCC(C(=O)O)C1CC(C)(C)N(OC2CCCCC2)C(C)(C)C1. The van der Waals surface area contributed by atoms with Gasteiger partial charge in [0.25, 0.3) is 0 Å². The minimum atomic E-state index is -0.589. The summed E-state index contributed by atoms with van der Waals surface area (Å²) in [5.41, 5.74) is -0.293. The number of unbranched alkanes of at least 4 members (excludes halogenated alkanes) is 15. The van der Waals surface area contributed by atoms with E-state index in [2.05, 4.69) is 39.7 Å². The Balaban J connectivity index is 1.60. The molecule has 0 spiro atoms. The summed E-state index contributed by atoms with van der Waals surface area (Å²) in [5, 5.41) is 12.4. The topological polar surface area (TPSA) is 49.8 Å². The fourth-order valence-corrected chi connectivity index (χ4v) is 7.70. The van der Waals surface area contributed by atoms with Gasteiger partial charge in [-0.25, -0.2) is 0 Å². The summed E-state index contributed by atoms with van der Waals surface area (Å²) < 4.78 is 0. The van der Waals surface area contributed by atoms with Crippen molar-refractivity contribution in [2.45, 2.75) is 206 Å². The lowest BCUT2D eigenvalue weighted by Gasteiger charge is -2.55. The van der Waals surface area contributed by atoms with E-state index in [0.29, 0.717) is 6.10 Å². The van der Waals surface area contributed by atoms with Gasteiger partial charge >= 0.3 is 5.97 Å². The number of hydrogen-bond donors (Lipinski definition) is 1. The van der Waals surface area contributed by atoms with Crippen molar-refractivity contribution in [3.63, 3.8) is 0 Å². The minimum absolute atomic E-state index is 0.147. The zero-order valence-electron chi connectivity index (χ0n) is 26.9. The van der Waals surface area contributed by atoms with Gasteiger partial charge in [0, 0.05) is 11.1 Å². The molecule has 0 radical (unpaired) electrons. The number of nitrogens with zero attached hydrogens (tertiary/aromatic N) is 1.